The zero-order valence-electron chi connectivity index (χ0n) is 11.5. The summed E-state index contributed by atoms with van der Waals surface area (Å²) in [6.07, 6.45) is 6.48. The van der Waals surface area contributed by atoms with Gasteiger partial charge in [0.25, 0.3) is 0 Å². The van der Waals surface area contributed by atoms with E-state index < -0.39 is 12.3 Å². The predicted molar refractivity (Wildman–Crippen MR) is 84.7 cm³/mol. The molecule has 1 aromatic rings. The Bertz CT molecular complexity index is 565. The average molecular weight is 290 g/mol. The van der Waals surface area contributed by atoms with Crippen LogP contribution in [0.5, 0.6) is 0 Å². The molecule has 0 fully saturated rings. The Kier molecular flexibility index (Phi) is 5.11. The summed E-state index contributed by atoms with van der Waals surface area (Å²) in [5.41, 5.74) is 2.72. The molecule has 0 saturated carbocycles. The first-order valence-electron chi connectivity index (χ1n) is 6.49. The number of aliphatic imine (C=N–C) groups is 1. The van der Waals surface area contributed by atoms with E-state index in [1.165, 1.54) is 11.8 Å². The highest BCUT2D eigenvalue weighted by Crippen LogP contribution is 2.25. The van der Waals surface area contributed by atoms with Gasteiger partial charge in [0.1, 0.15) is 11.1 Å². The third kappa shape index (κ3) is 3.36. The summed E-state index contributed by atoms with van der Waals surface area (Å²) < 4.78 is 0. The second kappa shape index (κ2) is 6.83. The number of nitrogens with zero attached hydrogens (tertiary/aromatic N) is 2. The van der Waals surface area contributed by atoms with Gasteiger partial charge in [-0.15, -0.1) is 11.8 Å². The van der Waals surface area contributed by atoms with E-state index in [9.17, 15) is 0 Å². The van der Waals surface area contributed by atoms with Crippen molar-refractivity contribution >= 4 is 29.0 Å². The second-order valence-corrected chi connectivity index (χ2v) is 5.41. The minimum Gasteiger partial charge on any atom is -0.366 e. The van der Waals surface area contributed by atoms with Crippen molar-refractivity contribution in [2.24, 2.45) is 4.99 Å². The highest BCUT2D eigenvalue weighted by Gasteiger charge is 2.25. The average Bonchev–Trinajstić information content (AvgIpc) is 2.91. The number of aliphatic hydroxyl groups excluding tert-OH is 1. The van der Waals surface area contributed by atoms with E-state index in [-0.39, 0.29) is 0 Å². The quantitative estimate of drug-likeness (QED) is 0.835. The summed E-state index contributed by atoms with van der Waals surface area (Å²) in [6, 6.07) is 3.46. The molecule has 2 heterocycles. The van der Waals surface area contributed by atoms with Gasteiger partial charge in [-0.1, -0.05) is 24.3 Å². The van der Waals surface area contributed by atoms with Crippen LogP contribution in [-0.4, -0.2) is 38.3 Å². The summed E-state index contributed by atoms with van der Waals surface area (Å²) in [4.78, 5) is 8.91. The lowest BCUT2D eigenvalue weighted by molar-refractivity contribution is -0.0516. The number of aliphatic hydroxyl groups is 2. The van der Waals surface area contributed by atoms with Crippen molar-refractivity contribution in [3.05, 3.63) is 41.2 Å². The molecule has 0 spiro atoms. The first kappa shape index (κ1) is 15.0. The minimum absolute atomic E-state index is 0.461. The van der Waals surface area contributed by atoms with Crippen molar-refractivity contribution in [3.8, 4) is 0 Å². The van der Waals surface area contributed by atoms with Gasteiger partial charge in [-0.3, -0.25) is 4.99 Å². The molecule has 1 atom stereocenters. The van der Waals surface area contributed by atoms with Crippen LogP contribution in [0.1, 0.15) is 30.8 Å². The smallest absolute Gasteiger partial charge is 0.175 e. The third-order valence-corrected chi connectivity index (χ3v) is 3.96. The van der Waals surface area contributed by atoms with Crippen molar-refractivity contribution in [3.63, 3.8) is 0 Å². The van der Waals surface area contributed by atoms with Gasteiger partial charge in [-0.2, -0.15) is 0 Å². The number of allylic oxidation sites excluding steroid dienone is 2. The van der Waals surface area contributed by atoms with Crippen LogP contribution in [0, 0.1) is 0 Å². The van der Waals surface area contributed by atoms with Crippen LogP contribution >= 0.6 is 11.8 Å². The Morgan fingerprint density at radius 2 is 2.00 bits per heavy atom. The molecule has 0 aliphatic carbocycles. The van der Waals surface area contributed by atoms with Crippen LogP contribution in [0.2, 0.25) is 0 Å². The number of thioether (sulfide) groups is 1. The van der Waals surface area contributed by atoms with E-state index in [4.69, 9.17) is 10.2 Å². The van der Waals surface area contributed by atoms with Crippen molar-refractivity contribution in [2.75, 3.05) is 5.75 Å². The zero-order valence-corrected chi connectivity index (χ0v) is 12.3. The molecule has 4 nitrogen and oxygen atoms in total. The van der Waals surface area contributed by atoms with E-state index in [0.717, 1.165) is 22.0 Å². The molecule has 1 aliphatic rings. The third-order valence-electron chi connectivity index (χ3n) is 2.87. The Hall–Kier alpha value is -1.43. The molecule has 1 aliphatic heterocycles. The minimum atomic E-state index is -1.41. The number of hydrogen-bond acceptors (Lipinski definition) is 5. The van der Waals surface area contributed by atoms with E-state index in [1.54, 1.807) is 0 Å². The normalized spacial score (nSPS) is 19.4. The fourth-order valence-electron chi connectivity index (χ4n) is 1.90. The first-order chi connectivity index (χ1) is 9.65. The Morgan fingerprint density at radius 1 is 1.25 bits per heavy atom. The topological polar surface area (TPSA) is 65.7 Å². The standard InChI is InChI=1S/C15H18N2O2S/c1-3-5-10-7-8-12(16-11(10)6-4-2)14-17-13(9-20-14)15(18)19/h3-8,13,15,18-19H,9H2,1-2H3/b5-3-,6-4-. The molecular weight excluding hydrogens is 272 g/mol. The molecule has 1 aromatic heterocycles. The number of rotatable bonds is 4. The van der Waals surface area contributed by atoms with Crippen LogP contribution in [0.4, 0.5) is 0 Å². The number of aromatic nitrogens is 1. The molecular formula is C15H18N2O2S. The van der Waals surface area contributed by atoms with Crippen LogP contribution in [0.25, 0.3) is 12.2 Å². The largest absolute Gasteiger partial charge is 0.366 e. The summed E-state index contributed by atoms with van der Waals surface area (Å²) in [6.45, 7) is 3.92. The summed E-state index contributed by atoms with van der Waals surface area (Å²) >= 11 is 1.50. The maximum Gasteiger partial charge on any atom is 0.175 e. The summed E-state index contributed by atoms with van der Waals surface area (Å²) in [5.74, 6) is 0.574. The maximum atomic E-state index is 9.16. The SMILES string of the molecule is C/C=C\c1ccc(C2=NC(C(O)O)CS2)nc1/C=C\C. The van der Waals surface area contributed by atoms with Gasteiger partial charge in [0.15, 0.2) is 6.29 Å². The second-order valence-electron chi connectivity index (χ2n) is 4.40. The first-order valence-corrected chi connectivity index (χ1v) is 7.47. The summed E-state index contributed by atoms with van der Waals surface area (Å²) in [7, 11) is 0. The maximum absolute atomic E-state index is 9.16. The fraction of sp³-hybridized carbons (Fsp3) is 0.333. The van der Waals surface area contributed by atoms with E-state index in [2.05, 4.69) is 9.98 Å². The summed E-state index contributed by atoms with van der Waals surface area (Å²) in [5, 5.41) is 19.1. The lowest BCUT2D eigenvalue weighted by atomic mass is 10.1. The molecule has 0 amide bonds. The van der Waals surface area contributed by atoms with Crippen LogP contribution in [-0.2, 0) is 0 Å². The van der Waals surface area contributed by atoms with E-state index >= 15 is 0 Å². The predicted octanol–water partition coefficient (Wildman–Crippen LogP) is 2.32. The molecule has 2 rings (SSSR count). The molecule has 0 radical (unpaired) electrons. The van der Waals surface area contributed by atoms with Crippen molar-refractivity contribution < 1.29 is 10.2 Å². The Labute approximate surface area is 123 Å². The Morgan fingerprint density at radius 3 is 2.60 bits per heavy atom. The van der Waals surface area contributed by atoms with Gasteiger partial charge in [0, 0.05) is 5.75 Å². The fourth-order valence-corrected chi connectivity index (χ4v) is 2.95. The molecule has 2 N–H and O–H groups in total. The lowest BCUT2D eigenvalue weighted by Gasteiger charge is -2.06. The molecule has 0 aromatic carbocycles. The number of pyridine rings is 1. The van der Waals surface area contributed by atoms with Crippen molar-refractivity contribution in [2.45, 2.75) is 26.2 Å². The zero-order chi connectivity index (χ0) is 14.5. The van der Waals surface area contributed by atoms with Crippen LogP contribution < -0.4 is 0 Å². The Balaban J connectivity index is 2.34. The van der Waals surface area contributed by atoms with Gasteiger partial charge >= 0.3 is 0 Å². The molecule has 20 heavy (non-hydrogen) atoms. The van der Waals surface area contributed by atoms with Crippen molar-refractivity contribution in [1.82, 2.24) is 4.98 Å². The van der Waals surface area contributed by atoms with Gasteiger partial charge in [-0.05, 0) is 31.6 Å². The molecule has 1 unspecified atom stereocenters. The van der Waals surface area contributed by atoms with Gasteiger partial charge in [0.2, 0.25) is 0 Å². The lowest BCUT2D eigenvalue weighted by Crippen LogP contribution is -2.23. The van der Waals surface area contributed by atoms with Gasteiger partial charge in [-0.25, -0.2) is 4.98 Å². The van der Waals surface area contributed by atoms with Crippen LogP contribution in [0.3, 0.4) is 0 Å². The molecule has 0 bridgehead atoms. The number of hydrogen-bond donors (Lipinski definition) is 2. The monoisotopic (exact) mass is 290 g/mol. The molecule has 106 valence electrons. The van der Waals surface area contributed by atoms with Crippen LogP contribution in [0.15, 0.2) is 29.3 Å². The van der Waals surface area contributed by atoms with Gasteiger partial charge < -0.3 is 10.2 Å². The highest BCUT2D eigenvalue weighted by atomic mass is 32.2. The van der Waals surface area contributed by atoms with Crippen molar-refractivity contribution in [1.29, 1.82) is 0 Å². The molecule has 5 heteroatoms. The van der Waals surface area contributed by atoms with E-state index in [1.807, 2.05) is 50.3 Å². The van der Waals surface area contributed by atoms with E-state index in [0.29, 0.717) is 5.75 Å². The molecule has 0 saturated heterocycles. The van der Waals surface area contributed by atoms with Gasteiger partial charge in [0.05, 0.1) is 11.4 Å². The highest BCUT2D eigenvalue weighted by molar-refractivity contribution is 8.14.